The van der Waals surface area contributed by atoms with E-state index < -0.39 is 10.0 Å². The fourth-order valence-corrected chi connectivity index (χ4v) is 5.45. The lowest BCUT2D eigenvalue weighted by Crippen LogP contribution is -2.46. The van der Waals surface area contributed by atoms with Crippen LogP contribution in [0.4, 0.5) is 5.69 Å². The number of furan rings is 1. The molecule has 0 saturated carbocycles. The SMILES string of the molecule is CCN(CC)S(=O)(=O)c1cccc(NC(=O)CN2CCC(NC(=O)c3occc3C)CC2)c1. The van der Waals surface area contributed by atoms with Gasteiger partial charge in [0.1, 0.15) is 0 Å². The van der Waals surface area contributed by atoms with Gasteiger partial charge in [-0.3, -0.25) is 14.5 Å². The Morgan fingerprint density at radius 3 is 2.45 bits per heavy atom. The number of sulfonamides is 1. The smallest absolute Gasteiger partial charge is 0.287 e. The second kappa shape index (κ2) is 11.0. The monoisotopic (exact) mass is 476 g/mol. The summed E-state index contributed by atoms with van der Waals surface area (Å²) >= 11 is 0. The van der Waals surface area contributed by atoms with Gasteiger partial charge in [0.2, 0.25) is 15.9 Å². The molecule has 1 aromatic carbocycles. The lowest BCUT2D eigenvalue weighted by atomic mass is 10.0. The Labute approximate surface area is 195 Å². The quantitative estimate of drug-likeness (QED) is 0.575. The summed E-state index contributed by atoms with van der Waals surface area (Å²) in [6, 6.07) is 8.11. The van der Waals surface area contributed by atoms with Gasteiger partial charge in [-0.05, 0) is 44.0 Å². The molecule has 180 valence electrons. The summed E-state index contributed by atoms with van der Waals surface area (Å²) in [6.45, 7) is 7.72. The van der Waals surface area contributed by atoms with E-state index in [2.05, 4.69) is 10.6 Å². The third-order valence-corrected chi connectivity index (χ3v) is 7.87. The number of piperidine rings is 1. The van der Waals surface area contributed by atoms with Gasteiger partial charge in [0.25, 0.3) is 5.91 Å². The van der Waals surface area contributed by atoms with Crippen molar-refractivity contribution in [2.45, 2.75) is 44.6 Å². The number of hydrogen-bond donors (Lipinski definition) is 2. The highest BCUT2D eigenvalue weighted by molar-refractivity contribution is 7.89. The van der Waals surface area contributed by atoms with E-state index in [-0.39, 0.29) is 29.3 Å². The van der Waals surface area contributed by atoms with E-state index in [1.54, 1.807) is 32.0 Å². The molecular weight excluding hydrogens is 444 g/mol. The number of anilines is 1. The van der Waals surface area contributed by atoms with Gasteiger partial charge in [-0.15, -0.1) is 0 Å². The molecule has 1 fully saturated rings. The van der Waals surface area contributed by atoms with Gasteiger partial charge >= 0.3 is 0 Å². The molecule has 2 N–H and O–H groups in total. The summed E-state index contributed by atoms with van der Waals surface area (Å²) in [6.07, 6.45) is 2.97. The Kier molecular flexibility index (Phi) is 8.28. The molecule has 3 rings (SSSR count). The Morgan fingerprint density at radius 2 is 1.85 bits per heavy atom. The molecule has 0 radical (unpaired) electrons. The number of hydrogen-bond acceptors (Lipinski definition) is 6. The minimum atomic E-state index is -3.59. The molecular formula is C23H32N4O5S. The van der Waals surface area contributed by atoms with Crippen molar-refractivity contribution < 1.29 is 22.4 Å². The number of carbonyl (C=O) groups is 2. The maximum absolute atomic E-state index is 12.7. The molecule has 33 heavy (non-hydrogen) atoms. The Morgan fingerprint density at radius 1 is 1.15 bits per heavy atom. The fourth-order valence-electron chi connectivity index (χ4n) is 3.94. The van der Waals surface area contributed by atoms with Gasteiger partial charge in [-0.2, -0.15) is 4.31 Å². The summed E-state index contributed by atoms with van der Waals surface area (Å²) in [5.41, 5.74) is 1.25. The summed E-state index contributed by atoms with van der Waals surface area (Å²) in [5, 5.41) is 5.79. The number of aryl methyl sites for hydroxylation is 1. The first kappa shape index (κ1) is 24.9. The molecule has 2 aromatic rings. The van der Waals surface area contributed by atoms with Gasteiger partial charge < -0.3 is 15.1 Å². The average Bonchev–Trinajstić information content (AvgIpc) is 3.22. The normalized spacial score (nSPS) is 15.5. The van der Waals surface area contributed by atoms with E-state index in [9.17, 15) is 18.0 Å². The number of benzene rings is 1. The predicted molar refractivity (Wildman–Crippen MR) is 126 cm³/mol. The van der Waals surface area contributed by atoms with Crippen molar-refractivity contribution in [2.75, 3.05) is 38.0 Å². The average molecular weight is 477 g/mol. The molecule has 1 aliphatic rings. The minimum Gasteiger partial charge on any atom is -0.459 e. The highest BCUT2D eigenvalue weighted by atomic mass is 32.2. The van der Waals surface area contributed by atoms with E-state index in [1.807, 2.05) is 11.8 Å². The van der Waals surface area contributed by atoms with Crippen molar-refractivity contribution in [1.29, 1.82) is 0 Å². The van der Waals surface area contributed by atoms with Gasteiger partial charge in [-0.1, -0.05) is 19.9 Å². The fraction of sp³-hybridized carbons (Fsp3) is 0.478. The lowest BCUT2D eigenvalue weighted by Gasteiger charge is -2.31. The van der Waals surface area contributed by atoms with E-state index in [0.717, 1.165) is 18.4 Å². The highest BCUT2D eigenvalue weighted by Crippen LogP contribution is 2.20. The van der Waals surface area contributed by atoms with Gasteiger partial charge in [0.05, 0.1) is 17.7 Å². The van der Waals surface area contributed by atoms with Crippen molar-refractivity contribution >= 4 is 27.5 Å². The Balaban J connectivity index is 1.50. The first-order valence-electron chi connectivity index (χ1n) is 11.2. The molecule has 0 bridgehead atoms. The van der Waals surface area contributed by atoms with Crippen LogP contribution in [0, 0.1) is 6.92 Å². The van der Waals surface area contributed by atoms with Gasteiger partial charge in [-0.25, -0.2) is 8.42 Å². The van der Waals surface area contributed by atoms with Crippen LogP contribution in [0.1, 0.15) is 42.8 Å². The third kappa shape index (κ3) is 6.21. The zero-order valence-corrected chi connectivity index (χ0v) is 20.2. The van der Waals surface area contributed by atoms with Crippen LogP contribution in [0.3, 0.4) is 0 Å². The molecule has 0 unspecified atom stereocenters. The lowest BCUT2D eigenvalue weighted by molar-refractivity contribution is -0.117. The highest BCUT2D eigenvalue weighted by Gasteiger charge is 2.25. The molecule has 0 spiro atoms. The third-order valence-electron chi connectivity index (χ3n) is 5.82. The number of amides is 2. The van der Waals surface area contributed by atoms with Crippen LogP contribution in [-0.4, -0.2) is 68.2 Å². The Bertz CT molecular complexity index is 1070. The molecule has 1 saturated heterocycles. The van der Waals surface area contributed by atoms with Crippen LogP contribution in [0.2, 0.25) is 0 Å². The summed E-state index contributed by atoms with van der Waals surface area (Å²) in [5.74, 6) is -0.0867. The van der Waals surface area contributed by atoms with E-state index in [0.29, 0.717) is 37.6 Å². The molecule has 9 nitrogen and oxygen atoms in total. The summed E-state index contributed by atoms with van der Waals surface area (Å²) in [7, 11) is -3.59. The number of nitrogens with one attached hydrogen (secondary N) is 2. The van der Waals surface area contributed by atoms with Crippen molar-refractivity contribution in [2.24, 2.45) is 0 Å². The first-order chi connectivity index (χ1) is 15.7. The maximum atomic E-state index is 12.7. The van der Waals surface area contributed by atoms with Gasteiger partial charge in [0, 0.05) is 43.5 Å². The maximum Gasteiger partial charge on any atom is 0.287 e. The predicted octanol–water partition coefficient (Wildman–Crippen LogP) is 2.45. The number of nitrogens with zero attached hydrogens (tertiary/aromatic N) is 2. The molecule has 0 atom stereocenters. The van der Waals surface area contributed by atoms with Crippen molar-refractivity contribution in [1.82, 2.24) is 14.5 Å². The van der Waals surface area contributed by atoms with Crippen LogP contribution in [0.5, 0.6) is 0 Å². The van der Waals surface area contributed by atoms with E-state index in [4.69, 9.17) is 4.42 Å². The molecule has 1 aliphatic heterocycles. The van der Waals surface area contributed by atoms with E-state index in [1.165, 1.54) is 22.7 Å². The first-order valence-corrected chi connectivity index (χ1v) is 12.7. The Hall–Kier alpha value is -2.69. The summed E-state index contributed by atoms with van der Waals surface area (Å²) in [4.78, 5) is 27.0. The van der Waals surface area contributed by atoms with Crippen LogP contribution >= 0.6 is 0 Å². The molecule has 10 heteroatoms. The second-order valence-corrected chi connectivity index (χ2v) is 10.1. The molecule has 2 amide bonds. The number of rotatable bonds is 9. The van der Waals surface area contributed by atoms with Crippen LogP contribution in [0.25, 0.3) is 0 Å². The number of carbonyl (C=O) groups excluding carboxylic acids is 2. The standard InChI is InChI=1S/C23H32N4O5S/c1-4-27(5-2)33(30,31)20-8-6-7-19(15-20)24-21(28)16-26-12-9-18(10-13-26)25-23(29)22-17(3)11-14-32-22/h6-8,11,14-15,18H,4-5,9-10,12-13,16H2,1-3H3,(H,24,28)(H,25,29). The zero-order chi connectivity index (χ0) is 24.0. The molecule has 2 heterocycles. The second-order valence-electron chi connectivity index (χ2n) is 8.12. The van der Waals surface area contributed by atoms with Crippen LogP contribution in [-0.2, 0) is 14.8 Å². The summed E-state index contributed by atoms with van der Waals surface area (Å²) < 4.78 is 32.1. The molecule has 0 aliphatic carbocycles. The molecule has 1 aromatic heterocycles. The van der Waals surface area contributed by atoms with Gasteiger partial charge in [0.15, 0.2) is 5.76 Å². The van der Waals surface area contributed by atoms with Crippen molar-refractivity contribution in [3.8, 4) is 0 Å². The zero-order valence-electron chi connectivity index (χ0n) is 19.3. The van der Waals surface area contributed by atoms with E-state index >= 15 is 0 Å². The topological polar surface area (TPSA) is 112 Å². The largest absolute Gasteiger partial charge is 0.459 e. The van der Waals surface area contributed by atoms with Crippen molar-refractivity contribution in [3.63, 3.8) is 0 Å². The van der Waals surface area contributed by atoms with Crippen molar-refractivity contribution in [3.05, 3.63) is 47.9 Å². The minimum absolute atomic E-state index is 0.0308. The van der Waals surface area contributed by atoms with Crippen LogP contribution < -0.4 is 10.6 Å². The van der Waals surface area contributed by atoms with Crippen LogP contribution in [0.15, 0.2) is 45.9 Å². The number of likely N-dealkylation sites (tertiary alicyclic amines) is 1.